The Morgan fingerprint density at radius 2 is 1.87 bits per heavy atom. The number of ether oxygens (including phenoxy) is 3. The van der Waals surface area contributed by atoms with E-state index in [1.54, 1.807) is 18.2 Å². The topological polar surface area (TPSA) is 103 Å². The van der Waals surface area contributed by atoms with Gasteiger partial charge in [-0.3, -0.25) is 9.59 Å². The standard InChI is InChI=1S/C22H24N2O6/c1-15-3-2-4-17(11-15)28-10-9-23-21(26)13-30-22(27)14-29-18-6-7-19-16(12-18)5-8-20(25)24-19/h2-4,6-7,11-12H,5,8-10,13-14H2,1H3,(H,23,26)(H,24,25). The molecule has 158 valence electrons. The quantitative estimate of drug-likeness (QED) is 0.482. The lowest BCUT2D eigenvalue weighted by atomic mass is 10.0. The fraction of sp³-hybridized carbons (Fsp3) is 0.318. The zero-order valence-electron chi connectivity index (χ0n) is 16.7. The third-order valence-corrected chi connectivity index (χ3v) is 4.38. The van der Waals surface area contributed by atoms with Crippen molar-refractivity contribution in [1.82, 2.24) is 5.32 Å². The molecule has 1 aliphatic heterocycles. The van der Waals surface area contributed by atoms with Crippen LogP contribution in [-0.4, -0.2) is 44.1 Å². The summed E-state index contributed by atoms with van der Waals surface area (Å²) < 4.78 is 15.9. The van der Waals surface area contributed by atoms with E-state index in [9.17, 15) is 14.4 Å². The Labute approximate surface area is 174 Å². The number of hydrogen-bond donors (Lipinski definition) is 2. The van der Waals surface area contributed by atoms with Crippen LogP contribution in [0, 0.1) is 6.92 Å². The summed E-state index contributed by atoms with van der Waals surface area (Å²) in [6.45, 7) is 1.88. The van der Waals surface area contributed by atoms with Crippen LogP contribution in [0.2, 0.25) is 0 Å². The molecular weight excluding hydrogens is 388 g/mol. The first-order valence-corrected chi connectivity index (χ1v) is 9.67. The minimum absolute atomic E-state index is 0.0141. The molecule has 0 aromatic heterocycles. The van der Waals surface area contributed by atoms with Crippen LogP contribution in [0.15, 0.2) is 42.5 Å². The average Bonchev–Trinajstić information content (AvgIpc) is 2.74. The van der Waals surface area contributed by atoms with E-state index in [1.165, 1.54) is 0 Å². The van der Waals surface area contributed by atoms with E-state index >= 15 is 0 Å². The van der Waals surface area contributed by atoms with Crippen molar-refractivity contribution in [2.75, 3.05) is 31.7 Å². The molecule has 2 aromatic carbocycles. The zero-order valence-corrected chi connectivity index (χ0v) is 16.7. The summed E-state index contributed by atoms with van der Waals surface area (Å²) in [4.78, 5) is 34.9. The molecule has 8 heteroatoms. The first-order chi connectivity index (χ1) is 14.5. The molecule has 8 nitrogen and oxygen atoms in total. The summed E-state index contributed by atoms with van der Waals surface area (Å²) in [6.07, 6.45) is 1.04. The van der Waals surface area contributed by atoms with Crippen LogP contribution in [0.1, 0.15) is 17.5 Å². The van der Waals surface area contributed by atoms with Gasteiger partial charge in [-0.25, -0.2) is 4.79 Å². The van der Waals surface area contributed by atoms with Gasteiger partial charge >= 0.3 is 5.97 Å². The highest BCUT2D eigenvalue weighted by Gasteiger charge is 2.15. The number of aryl methyl sites for hydroxylation is 2. The smallest absolute Gasteiger partial charge is 0.344 e. The second-order valence-corrected chi connectivity index (χ2v) is 6.83. The number of carbonyl (C=O) groups is 3. The van der Waals surface area contributed by atoms with Crippen LogP contribution in [0.3, 0.4) is 0 Å². The van der Waals surface area contributed by atoms with Crippen molar-refractivity contribution < 1.29 is 28.6 Å². The van der Waals surface area contributed by atoms with E-state index in [1.807, 2.05) is 31.2 Å². The second kappa shape index (κ2) is 10.3. The van der Waals surface area contributed by atoms with Gasteiger partial charge in [-0.2, -0.15) is 0 Å². The Morgan fingerprint density at radius 1 is 1.03 bits per heavy atom. The van der Waals surface area contributed by atoms with E-state index in [4.69, 9.17) is 14.2 Å². The molecule has 0 saturated heterocycles. The normalized spacial score (nSPS) is 12.4. The fourth-order valence-corrected chi connectivity index (χ4v) is 2.90. The van der Waals surface area contributed by atoms with E-state index in [2.05, 4.69) is 10.6 Å². The first-order valence-electron chi connectivity index (χ1n) is 9.67. The number of rotatable bonds is 9. The van der Waals surface area contributed by atoms with Gasteiger partial charge < -0.3 is 24.8 Å². The molecule has 0 saturated carbocycles. The summed E-state index contributed by atoms with van der Waals surface area (Å²) in [6, 6.07) is 12.8. The van der Waals surface area contributed by atoms with Crippen LogP contribution >= 0.6 is 0 Å². The Morgan fingerprint density at radius 3 is 2.70 bits per heavy atom. The van der Waals surface area contributed by atoms with Crippen molar-refractivity contribution in [2.24, 2.45) is 0 Å². The minimum Gasteiger partial charge on any atom is -0.492 e. The monoisotopic (exact) mass is 412 g/mol. The number of fused-ring (bicyclic) bond motifs is 1. The molecule has 0 bridgehead atoms. The number of carbonyl (C=O) groups excluding carboxylic acids is 3. The van der Waals surface area contributed by atoms with Gasteiger partial charge in [0, 0.05) is 12.1 Å². The number of benzene rings is 2. The van der Waals surface area contributed by atoms with Crippen LogP contribution < -0.4 is 20.1 Å². The van der Waals surface area contributed by atoms with Crippen LogP contribution in [0.5, 0.6) is 11.5 Å². The lowest BCUT2D eigenvalue weighted by Crippen LogP contribution is -2.32. The van der Waals surface area contributed by atoms with E-state index in [0.717, 1.165) is 22.6 Å². The highest BCUT2D eigenvalue weighted by Crippen LogP contribution is 2.26. The van der Waals surface area contributed by atoms with Gasteiger partial charge in [-0.15, -0.1) is 0 Å². The third kappa shape index (κ3) is 6.51. The maximum atomic E-state index is 11.8. The number of esters is 1. The molecule has 0 fully saturated rings. The number of nitrogens with one attached hydrogen (secondary N) is 2. The molecule has 2 N–H and O–H groups in total. The Hall–Kier alpha value is -3.55. The summed E-state index contributed by atoms with van der Waals surface area (Å²) >= 11 is 0. The van der Waals surface area contributed by atoms with Gasteiger partial charge in [0.15, 0.2) is 13.2 Å². The van der Waals surface area contributed by atoms with Crippen LogP contribution in [0.4, 0.5) is 5.69 Å². The van der Waals surface area contributed by atoms with Crippen molar-refractivity contribution in [3.8, 4) is 11.5 Å². The summed E-state index contributed by atoms with van der Waals surface area (Å²) in [5, 5.41) is 5.40. The van der Waals surface area contributed by atoms with Crippen molar-refractivity contribution in [3.63, 3.8) is 0 Å². The lowest BCUT2D eigenvalue weighted by Gasteiger charge is -2.17. The summed E-state index contributed by atoms with van der Waals surface area (Å²) in [7, 11) is 0. The molecule has 0 radical (unpaired) electrons. The highest BCUT2D eigenvalue weighted by molar-refractivity contribution is 5.94. The molecule has 0 atom stereocenters. The highest BCUT2D eigenvalue weighted by atomic mass is 16.6. The van der Waals surface area contributed by atoms with Gasteiger partial charge in [0.25, 0.3) is 5.91 Å². The van der Waals surface area contributed by atoms with Crippen molar-refractivity contribution in [1.29, 1.82) is 0 Å². The van der Waals surface area contributed by atoms with Crippen LogP contribution in [0.25, 0.3) is 0 Å². The van der Waals surface area contributed by atoms with Gasteiger partial charge in [-0.1, -0.05) is 12.1 Å². The molecular formula is C22H24N2O6. The van der Waals surface area contributed by atoms with Crippen LogP contribution in [-0.2, 0) is 25.5 Å². The van der Waals surface area contributed by atoms with Gasteiger partial charge in [0.05, 0.1) is 6.54 Å². The van der Waals surface area contributed by atoms with E-state index in [0.29, 0.717) is 31.7 Å². The molecule has 30 heavy (non-hydrogen) atoms. The SMILES string of the molecule is Cc1cccc(OCCNC(=O)COC(=O)COc2ccc3c(c2)CCC(=O)N3)c1. The van der Waals surface area contributed by atoms with Crippen molar-refractivity contribution >= 4 is 23.5 Å². The van der Waals surface area contributed by atoms with Gasteiger partial charge in [-0.05, 0) is 54.8 Å². The maximum Gasteiger partial charge on any atom is 0.344 e. The van der Waals surface area contributed by atoms with Gasteiger partial charge in [0.1, 0.15) is 18.1 Å². The number of anilines is 1. The average molecular weight is 412 g/mol. The largest absolute Gasteiger partial charge is 0.492 e. The predicted molar refractivity (Wildman–Crippen MR) is 110 cm³/mol. The van der Waals surface area contributed by atoms with E-state index in [-0.39, 0.29) is 19.1 Å². The molecule has 2 amide bonds. The molecule has 1 heterocycles. The molecule has 0 unspecified atom stereocenters. The Balaban J connectivity index is 1.30. The zero-order chi connectivity index (χ0) is 21.3. The molecule has 0 spiro atoms. The summed E-state index contributed by atoms with van der Waals surface area (Å²) in [5.41, 5.74) is 2.80. The number of amides is 2. The third-order valence-electron chi connectivity index (χ3n) is 4.38. The molecule has 1 aliphatic rings. The predicted octanol–water partition coefficient (Wildman–Crippen LogP) is 2.00. The lowest BCUT2D eigenvalue weighted by molar-refractivity contribution is -0.150. The minimum atomic E-state index is -0.646. The van der Waals surface area contributed by atoms with Gasteiger partial charge in [0.2, 0.25) is 5.91 Å². The number of hydrogen-bond acceptors (Lipinski definition) is 6. The van der Waals surface area contributed by atoms with E-state index < -0.39 is 11.9 Å². The Bertz CT molecular complexity index is 928. The first kappa shape index (κ1) is 21.2. The fourth-order valence-electron chi connectivity index (χ4n) is 2.90. The molecule has 2 aromatic rings. The maximum absolute atomic E-state index is 11.8. The van der Waals surface area contributed by atoms with Crippen molar-refractivity contribution in [3.05, 3.63) is 53.6 Å². The molecule has 0 aliphatic carbocycles. The van der Waals surface area contributed by atoms with Crippen molar-refractivity contribution in [2.45, 2.75) is 19.8 Å². The second-order valence-electron chi connectivity index (χ2n) is 6.83. The Kier molecular flexibility index (Phi) is 7.26. The molecule has 3 rings (SSSR count). The summed E-state index contributed by atoms with van der Waals surface area (Å²) in [5.74, 6) is 0.157.